The maximum absolute atomic E-state index is 13.5. The van der Waals surface area contributed by atoms with E-state index in [1.54, 1.807) is 20.2 Å². The summed E-state index contributed by atoms with van der Waals surface area (Å²) in [6, 6.07) is 4.47. The van der Waals surface area contributed by atoms with Crippen LogP contribution >= 0.6 is 0 Å². The molecule has 0 radical (unpaired) electrons. The van der Waals surface area contributed by atoms with E-state index in [0.29, 0.717) is 29.7 Å². The third-order valence-electron chi connectivity index (χ3n) is 3.17. The van der Waals surface area contributed by atoms with Gasteiger partial charge in [-0.2, -0.15) is 0 Å². The number of rotatable bonds is 7. The number of methoxy groups -OCH3 is 1. The second kappa shape index (κ2) is 9.75. The highest BCUT2D eigenvalue weighted by molar-refractivity contribution is 5.86. The molecule has 7 heteroatoms. The van der Waals surface area contributed by atoms with Gasteiger partial charge in [-0.25, -0.2) is 9.38 Å². The number of guanidine groups is 1. The lowest BCUT2D eigenvalue weighted by molar-refractivity contribution is -0.127. The lowest BCUT2D eigenvalue weighted by atomic mass is 10.2. The van der Waals surface area contributed by atoms with Crippen LogP contribution in [0.1, 0.15) is 19.4 Å². The first-order valence-electron chi connectivity index (χ1n) is 7.87. The average molecular weight is 338 g/mol. The van der Waals surface area contributed by atoms with E-state index in [2.05, 4.69) is 29.5 Å². The Morgan fingerprint density at radius 3 is 2.58 bits per heavy atom. The second-order valence-corrected chi connectivity index (χ2v) is 6.08. The summed E-state index contributed by atoms with van der Waals surface area (Å²) in [5.41, 5.74) is 0.691. The van der Waals surface area contributed by atoms with Gasteiger partial charge in [-0.05, 0) is 23.6 Å². The van der Waals surface area contributed by atoms with Gasteiger partial charge in [0.05, 0.1) is 20.2 Å². The number of amides is 1. The normalized spacial score (nSPS) is 11.4. The highest BCUT2D eigenvalue weighted by atomic mass is 19.1. The van der Waals surface area contributed by atoms with Gasteiger partial charge < -0.3 is 20.3 Å². The molecule has 0 bridgehead atoms. The molecule has 0 saturated carbocycles. The Balaban J connectivity index is 2.78. The van der Waals surface area contributed by atoms with Crippen LogP contribution in [0.15, 0.2) is 23.2 Å². The molecule has 1 aromatic rings. The van der Waals surface area contributed by atoms with Crippen LogP contribution in [0.3, 0.4) is 0 Å². The first-order chi connectivity index (χ1) is 11.3. The zero-order valence-electron chi connectivity index (χ0n) is 15.0. The van der Waals surface area contributed by atoms with Crippen molar-refractivity contribution in [2.24, 2.45) is 10.9 Å². The Bertz CT molecular complexity index is 574. The first-order valence-corrected chi connectivity index (χ1v) is 7.87. The topological polar surface area (TPSA) is 66.0 Å². The van der Waals surface area contributed by atoms with Crippen LogP contribution in [0.25, 0.3) is 0 Å². The van der Waals surface area contributed by atoms with Crippen LogP contribution in [0.4, 0.5) is 4.39 Å². The lowest BCUT2D eigenvalue weighted by Crippen LogP contribution is -2.44. The molecule has 0 unspecified atom stereocenters. The summed E-state index contributed by atoms with van der Waals surface area (Å²) in [5.74, 6) is 0.971. The number of aliphatic imine (C=N–C) groups is 1. The van der Waals surface area contributed by atoms with Crippen molar-refractivity contribution >= 4 is 11.9 Å². The molecule has 0 fully saturated rings. The monoisotopic (exact) mass is 338 g/mol. The van der Waals surface area contributed by atoms with Gasteiger partial charge in [0.2, 0.25) is 5.91 Å². The quantitative estimate of drug-likeness (QED) is 0.586. The van der Waals surface area contributed by atoms with E-state index in [1.165, 1.54) is 24.1 Å². The number of hydrogen-bond acceptors (Lipinski definition) is 3. The van der Waals surface area contributed by atoms with Gasteiger partial charge in [0.1, 0.15) is 11.6 Å². The molecular weight excluding hydrogens is 311 g/mol. The maximum Gasteiger partial charge on any atom is 0.241 e. The average Bonchev–Trinajstić information content (AvgIpc) is 2.52. The summed E-state index contributed by atoms with van der Waals surface area (Å²) in [6.07, 6.45) is 0. The van der Waals surface area contributed by atoms with Crippen LogP contribution in [-0.4, -0.2) is 51.1 Å². The Morgan fingerprint density at radius 1 is 1.29 bits per heavy atom. The number of ether oxygens (including phenoxy) is 1. The number of nitrogens with zero attached hydrogens (tertiary/aromatic N) is 2. The number of nitrogens with one attached hydrogen (secondary N) is 2. The molecule has 1 amide bonds. The van der Waals surface area contributed by atoms with Crippen molar-refractivity contribution in [3.8, 4) is 5.75 Å². The molecule has 0 heterocycles. The molecule has 0 aromatic heterocycles. The van der Waals surface area contributed by atoms with Crippen LogP contribution < -0.4 is 15.4 Å². The van der Waals surface area contributed by atoms with Gasteiger partial charge in [0.25, 0.3) is 0 Å². The molecule has 0 spiro atoms. The molecule has 0 aliphatic carbocycles. The van der Waals surface area contributed by atoms with E-state index in [9.17, 15) is 9.18 Å². The van der Waals surface area contributed by atoms with Crippen LogP contribution in [0, 0.1) is 11.7 Å². The van der Waals surface area contributed by atoms with E-state index in [0.717, 1.165) is 0 Å². The predicted molar refractivity (Wildman–Crippen MR) is 93.6 cm³/mol. The largest absolute Gasteiger partial charge is 0.497 e. The van der Waals surface area contributed by atoms with Crippen molar-refractivity contribution < 1.29 is 13.9 Å². The van der Waals surface area contributed by atoms with E-state index in [-0.39, 0.29) is 24.8 Å². The zero-order valence-corrected chi connectivity index (χ0v) is 15.0. The SMILES string of the molecule is COc1cc(F)cc(CN=C(NCC(=O)N(C)C)NCC(C)C)c1. The summed E-state index contributed by atoms with van der Waals surface area (Å²) >= 11 is 0. The molecule has 24 heavy (non-hydrogen) atoms. The van der Waals surface area contributed by atoms with E-state index < -0.39 is 0 Å². The predicted octanol–water partition coefficient (Wildman–Crippen LogP) is 1.61. The Morgan fingerprint density at radius 2 is 2.00 bits per heavy atom. The molecule has 6 nitrogen and oxygen atoms in total. The summed E-state index contributed by atoms with van der Waals surface area (Å²) in [6.45, 7) is 5.29. The molecule has 0 aliphatic heterocycles. The number of hydrogen-bond donors (Lipinski definition) is 2. The fourth-order valence-electron chi connectivity index (χ4n) is 1.79. The number of likely N-dealkylation sites (N-methyl/N-ethyl adjacent to an activating group) is 1. The van der Waals surface area contributed by atoms with Gasteiger partial charge in [-0.15, -0.1) is 0 Å². The van der Waals surface area contributed by atoms with Gasteiger partial charge >= 0.3 is 0 Å². The Labute approximate surface area is 143 Å². The molecule has 2 N–H and O–H groups in total. The molecule has 0 aliphatic rings. The summed E-state index contributed by atoms with van der Waals surface area (Å²) in [5, 5.41) is 6.16. The number of carbonyl (C=O) groups is 1. The number of carbonyl (C=O) groups excluding carboxylic acids is 1. The van der Waals surface area contributed by atoms with E-state index in [4.69, 9.17) is 4.74 Å². The standard InChI is InChI=1S/C17H27FN4O2/c1-12(2)9-19-17(21-11-16(23)22(3)4)20-10-13-6-14(18)8-15(7-13)24-5/h6-8,12H,9-11H2,1-5H3,(H2,19,20,21). The summed E-state index contributed by atoms with van der Waals surface area (Å²) < 4.78 is 18.6. The minimum Gasteiger partial charge on any atom is -0.497 e. The van der Waals surface area contributed by atoms with E-state index in [1.807, 2.05) is 0 Å². The van der Waals surface area contributed by atoms with Gasteiger partial charge in [-0.1, -0.05) is 13.8 Å². The Hall–Kier alpha value is -2.31. The number of halogens is 1. The zero-order chi connectivity index (χ0) is 18.1. The van der Waals surface area contributed by atoms with Crippen molar-refractivity contribution in [3.05, 3.63) is 29.6 Å². The number of benzene rings is 1. The van der Waals surface area contributed by atoms with Crippen molar-refractivity contribution in [2.75, 3.05) is 34.3 Å². The molecule has 1 rings (SSSR count). The van der Waals surface area contributed by atoms with Crippen molar-refractivity contribution in [2.45, 2.75) is 20.4 Å². The molecule has 1 aromatic carbocycles. The van der Waals surface area contributed by atoms with Crippen molar-refractivity contribution in [1.29, 1.82) is 0 Å². The molecule has 0 atom stereocenters. The minimum atomic E-state index is -0.369. The molecule has 134 valence electrons. The maximum atomic E-state index is 13.5. The molecule has 0 saturated heterocycles. The highest BCUT2D eigenvalue weighted by Gasteiger charge is 2.07. The third kappa shape index (κ3) is 7.30. The highest BCUT2D eigenvalue weighted by Crippen LogP contribution is 2.16. The summed E-state index contributed by atoms with van der Waals surface area (Å²) in [4.78, 5) is 17.6. The van der Waals surface area contributed by atoms with Crippen LogP contribution in [-0.2, 0) is 11.3 Å². The summed E-state index contributed by atoms with van der Waals surface area (Å²) in [7, 11) is 4.88. The smallest absolute Gasteiger partial charge is 0.241 e. The fourth-order valence-corrected chi connectivity index (χ4v) is 1.79. The lowest BCUT2D eigenvalue weighted by Gasteiger charge is -2.16. The van der Waals surface area contributed by atoms with Gasteiger partial charge in [0, 0.05) is 26.7 Å². The van der Waals surface area contributed by atoms with Crippen LogP contribution in [0.2, 0.25) is 0 Å². The molecular formula is C17H27FN4O2. The van der Waals surface area contributed by atoms with E-state index >= 15 is 0 Å². The second-order valence-electron chi connectivity index (χ2n) is 6.08. The van der Waals surface area contributed by atoms with Crippen LogP contribution in [0.5, 0.6) is 5.75 Å². The third-order valence-corrected chi connectivity index (χ3v) is 3.17. The fraction of sp³-hybridized carbons (Fsp3) is 0.529. The van der Waals surface area contributed by atoms with Crippen molar-refractivity contribution in [3.63, 3.8) is 0 Å². The Kier molecular flexibility index (Phi) is 8.01. The van der Waals surface area contributed by atoms with Gasteiger partial charge in [0.15, 0.2) is 5.96 Å². The van der Waals surface area contributed by atoms with Gasteiger partial charge in [-0.3, -0.25) is 4.79 Å². The first kappa shape index (κ1) is 19.7. The van der Waals surface area contributed by atoms with Crippen molar-refractivity contribution in [1.82, 2.24) is 15.5 Å². The minimum absolute atomic E-state index is 0.0542.